The van der Waals surface area contributed by atoms with Gasteiger partial charge in [0.1, 0.15) is 0 Å². The van der Waals surface area contributed by atoms with Gasteiger partial charge in [-0.1, -0.05) is 17.7 Å². The average molecular weight is 374 g/mol. The Bertz CT molecular complexity index is 841. The van der Waals surface area contributed by atoms with Crippen molar-refractivity contribution >= 4 is 28.9 Å². The predicted molar refractivity (Wildman–Crippen MR) is 85.1 cm³/mol. The molecule has 0 fully saturated rings. The van der Waals surface area contributed by atoms with Crippen molar-refractivity contribution in [3.63, 3.8) is 0 Å². The molecule has 0 saturated carbocycles. The Labute approximate surface area is 144 Å². The van der Waals surface area contributed by atoms with E-state index in [0.717, 1.165) is 24.3 Å². The second-order valence-electron chi connectivity index (χ2n) is 5.02. The minimum atomic E-state index is -4.62. The van der Waals surface area contributed by atoms with Crippen molar-refractivity contribution < 1.29 is 22.9 Å². The van der Waals surface area contributed by atoms with E-state index in [0.29, 0.717) is 0 Å². The number of halogens is 4. The molecular formula is C15H11ClF3N3O3. The van der Waals surface area contributed by atoms with Gasteiger partial charge in [0.25, 0.3) is 11.6 Å². The SMILES string of the molecule is Nc1ccc([N+](=O)[O-])cc1C(=O)NCc1ccc(Cl)c(C(F)(F)F)c1. The van der Waals surface area contributed by atoms with E-state index in [2.05, 4.69) is 5.32 Å². The molecule has 10 heteroatoms. The number of nitrogens with zero attached hydrogens (tertiary/aromatic N) is 1. The van der Waals surface area contributed by atoms with Crippen molar-refractivity contribution in [2.75, 3.05) is 5.73 Å². The number of nitro benzene ring substituents is 1. The topological polar surface area (TPSA) is 98.3 Å². The third kappa shape index (κ3) is 4.38. The van der Waals surface area contributed by atoms with Crippen LogP contribution in [-0.4, -0.2) is 10.8 Å². The molecule has 0 unspecified atom stereocenters. The highest BCUT2D eigenvalue weighted by atomic mass is 35.5. The lowest BCUT2D eigenvalue weighted by atomic mass is 10.1. The van der Waals surface area contributed by atoms with Crippen LogP contribution < -0.4 is 11.1 Å². The first-order chi connectivity index (χ1) is 11.6. The molecule has 0 spiro atoms. The summed E-state index contributed by atoms with van der Waals surface area (Å²) < 4.78 is 38.4. The first-order valence-corrected chi connectivity index (χ1v) is 7.15. The number of nitrogens with one attached hydrogen (secondary N) is 1. The van der Waals surface area contributed by atoms with E-state index in [-0.39, 0.29) is 29.0 Å². The van der Waals surface area contributed by atoms with E-state index in [4.69, 9.17) is 17.3 Å². The zero-order valence-electron chi connectivity index (χ0n) is 12.4. The normalized spacial score (nSPS) is 11.2. The minimum absolute atomic E-state index is 0.00943. The molecule has 1 amide bonds. The molecule has 3 N–H and O–H groups in total. The predicted octanol–water partition coefficient (Wildman–Crippen LogP) is 3.78. The van der Waals surface area contributed by atoms with E-state index >= 15 is 0 Å². The number of carbonyl (C=O) groups is 1. The maximum Gasteiger partial charge on any atom is 0.417 e. The number of anilines is 1. The molecule has 6 nitrogen and oxygen atoms in total. The largest absolute Gasteiger partial charge is 0.417 e. The third-order valence-corrected chi connectivity index (χ3v) is 3.61. The summed E-state index contributed by atoms with van der Waals surface area (Å²) in [6.45, 7) is -0.235. The molecule has 2 aromatic carbocycles. The van der Waals surface area contributed by atoms with Crippen LogP contribution >= 0.6 is 11.6 Å². The average Bonchev–Trinajstić information content (AvgIpc) is 2.52. The van der Waals surface area contributed by atoms with Crippen LogP contribution in [0.4, 0.5) is 24.5 Å². The zero-order chi connectivity index (χ0) is 18.8. The molecular weight excluding hydrogens is 363 g/mol. The summed E-state index contributed by atoms with van der Waals surface area (Å²) in [5.41, 5.74) is 4.30. The minimum Gasteiger partial charge on any atom is -0.398 e. The Balaban J connectivity index is 2.18. The number of nitrogen functional groups attached to an aromatic ring is 1. The van der Waals surface area contributed by atoms with Gasteiger partial charge in [-0.25, -0.2) is 0 Å². The van der Waals surface area contributed by atoms with Crippen LogP contribution in [0.3, 0.4) is 0 Å². The van der Waals surface area contributed by atoms with Gasteiger partial charge in [0.05, 0.1) is 21.1 Å². The number of alkyl halides is 3. The van der Waals surface area contributed by atoms with E-state index in [9.17, 15) is 28.1 Å². The second kappa shape index (κ2) is 6.98. The quantitative estimate of drug-likeness (QED) is 0.484. The van der Waals surface area contributed by atoms with E-state index < -0.39 is 27.6 Å². The van der Waals surface area contributed by atoms with Gasteiger partial charge >= 0.3 is 6.18 Å². The fraction of sp³-hybridized carbons (Fsp3) is 0.133. The summed E-state index contributed by atoms with van der Waals surface area (Å²) in [5, 5.41) is 12.7. The van der Waals surface area contributed by atoms with Gasteiger partial charge in [0.2, 0.25) is 0 Å². The number of amides is 1. The smallest absolute Gasteiger partial charge is 0.398 e. The molecule has 0 aliphatic carbocycles. The Morgan fingerprint density at radius 3 is 2.52 bits per heavy atom. The van der Waals surface area contributed by atoms with Crippen LogP contribution in [0.1, 0.15) is 21.5 Å². The standard InChI is InChI=1S/C15H11ClF3N3O3/c16-12-3-1-8(5-11(12)15(17,18)19)7-21-14(23)10-6-9(22(24)25)2-4-13(10)20/h1-6H,7,20H2,(H,21,23). The Hall–Kier alpha value is -2.81. The maximum atomic E-state index is 12.8. The first kappa shape index (κ1) is 18.5. The van der Waals surface area contributed by atoms with Gasteiger partial charge in [0, 0.05) is 24.4 Å². The van der Waals surface area contributed by atoms with Crippen LogP contribution in [-0.2, 0) is 12.7 Å². The lowest BCUT2D eigenvalue weighted by Crippen LogP contribution is -2.24. The third-order valence-electron chi connectivity index (χ3n) is 3.28. The molecule has 2 rings (SSSR count). The monoisotopic (exact) mass is 373 g/mol. The molecule has 0 atom stereocenters. The first-order valence-electron chi connectivity index (χ1n) is 6.77. The lowest BCUT2D eigenvalue weighted by molar-refractivity contribution is -0.384. The lowest BCUT2D eigenvalue weighted by Gasteiger charge is -2.12. The number of nitro groups is 1. The van der Waals surface area contributed by atoms with Crippen molar-refractivity contribution in [3.8, 4) is 0 Å². The number of benzene rings is 2. The number of rotatable bonds is 4. The molecule has 0 aliphatic heterocycles. The molecule has 132 valence electrons. The van der Waals surface area contributed by atoms with Gasteiger partial charge in [0.15, 0.2) is 0 Å². The van der Waals surface area contributed by atoms with Crippen LogP contribution in [0.25, 0.3) is 0 Å². The molecule has 0 aliphatic rings. The van der Waals surface area contributed by atoms with E-state index in [1.165, 1.54) is 12.1 Å². The van der Waals surface area contributed by atoms with Gasteiger partial charge in [-0.3, -0.25) is 14.9 Å². The highest BCUT2D eigenvalue weighted by molar-refractivity contribution is 6.31. The summed E-state index contributed by atoms with van der Waals surface area (Å²) in [6, 6.07) is 6.56. The van der Waals surface area contributed by atoms with Crippen molar-refractivity contribution in [2.45, 2.75) is 12.7 Å². The van der Waals surface area contributed by atoms with Crippen molar-refractivity contribution in [1.29, 1.82) is 0 Å². The zero-order valence-corrected chi connectivity index (χ0v) is 13.2. The van der Waals surface area contributed by atoms with Gasteiger partial charge in [-0.05, 0) is 23.8 Å². The van der Waals surface area contributed by atoms with Crippen LogP contribution in [0.5, 0.6) is 0 Å². The number of nitrogens with two attached hydrogens (primary N) is 1. The molecule has 0 saturated heterocycles. The summed E-state index contributed by atoms with van der Waals surface area (Å²) >= 11 is 5.52. The summed E-state index contributed by atoms with van der Waals surface area (Å²) in [4.78, 5) is 22.2. The number of hydrogen-bond donors (Lipinski definition) is 2. The summed E-state index contributed by atoms with van der Waals surface area (Å²) in [7, 11) is 0. The van der Waals surface area contributed by atoms with Crippen molar-refractivity contribution in [2.24, 2.45) is 0 Å². The molecule has 0 radical (unpaired) electrons. The number of carbonyl (C=O) groups excluding carboxylic acids is 1. The van der Waals surface area contributed by atoms with Crippen molar-refractivity contribution in [1.82, 2.24) is 5.32 Å². The highest BCUT2D eigenvalue weighted by Gasteiger charge is 2.33. The Morgan fingerprint density at radius 2 is 1.92 bits per heavy atom. The van der Waals surface area contributed by atoms with E-state index in [1.54, 1.807) is 0 Å². The molecule has 0 aromatic heterocycles. The Morgan fingerprint density at radius 1 is 1.24 bits per heavy atom. The molecule has 25 heavy (non-hydrogen) atoms. The summed E-state index contributed by atoms with van der Waals surface area (Å²) in [5.74, 6) is -0.746. The Kier molecular flexibility index (Phi) is 5.17. The van der Waals surface area contributed by atoms with Crippen LogP contribution in [0.2, 0.25) is 5.02 Å². The van der Waals surface area contributed by atoms with E-state index in [1.807, 2.05) is 0 Å². The van der Waals surface area contributed by atoms with Crippen LogP contribution in [0, 0.1) is 10.1 Å². The van der Waals surface area contributed by atoms with Gasteiger partial charge in [-0.2, -0.15) is 13.2 Å². The molecule has 0 heterocycles. The van der Waals surface area contributed by atoms with Gasteiger partial charge in [-0.15, -0.1) is 0 Å². The highest BCUT2D eigenvalue weighted by Crippen LogP contribution is 2.35. The van der Waals surface area contributed by atoms with Crippen LogP contribution in [0.15, 0.2) is 36.4 Å². The second-order valence-corrected chi connectivity index (χ2v) is 5.43. The maximum absolute atomic E-state index is 12.8. The molecule has 0 bridgehead atoms. The fourth-order valence-electron chi connectivity index (χ4n) is 2.03. The number of hydrogen-bond acceptors (Lipinski definition) is 4. The summed E-state index contributed by atoms with van der Waals surface area (Å²) in [6.07, 6.45) is -4.62. The van der Waals surface area contributed by atoms with Gasteiger partial charge < -0.3 is 11.1 Å². The number of non-ortho nitro benzene ring substituents is 1. The molecule has 2 aromatic rings. The van der Waals surface area contributed by atoms with Crippen molar-refractivity contribution in [3.05, 3.63) is 68.2 Å². The fourth-order valence-corrected chi connectivity index (χ4v) is 2.26.